The molecule has 1 N–H and O–H groups in total. The van der Waals surface area contributed by atoms with Gasteiger partial charge in [0.1, 0.15) is 0 Å². The van der Waals surface area contributed by atoms with Crippen LogP contribution in [0.25, 0.3) is 0 Å². The van der Waals surface area contributed by atoms with Gasteiger partial charge in [0, 0.05) is 38.4 Å². The van der Waals surface area contributed by atoms with E-state index < -0.39 is 0 Å². The second-order valence-corrected chi connectivity index (χ2v) is 4.34. The van der Waals surface area contributed by atoms with Gasteiger partial charge in [-0.15, -0.1) is 12.4 Å². The van der Waals surface area contributed by atoms with Crippen LogP contribution in [0.1, 0.15) is 31.4 Å². The van der Waals surface area contributed by atoms with Gasteiger partial charge in [-0.2, -0.15) is 0 Å². The fourth-order valence-corrected chi connectivity index (χ4v) is 2.23. The summed E-state index contributed by atoms with van der Waals surface area (Å²) in [5, 5.41) is 3.34. The van der Waals surface area contributed by atoms with E-state index in [1.165, 1.54) is 0 Å². The Morgan fingerprint density at radius 2 is 2.44 bits per heavy atom. The lowest BCUT2D eigenvalue weighted by molar-refractivity contribution is -0.134. The van der Waals surface area contributed by atoms with Gasteiger partial charge >= 0.3 is 0 Å². The third-order valence-corrected chi connectivity index (χ3v) is 3.10. The first kappa shape index (κ1) is 14.9. The summed E-state index contributed by atoms with van der Waals surface area (Å²) in [6.07, 6.45) is 5.15. The Hall–Kier alpha value is -1.13. The van der Waals surface area contributed by atoms with Crippen molar-refractivity contribution in [3.05, 3.63) is 30.1 Å². The number of carbonyl (C=O) groups excluding carboxylic acids is 1. The van der Waals surface area contributed by atoms with Gasteiger partial charge in [0.25, 0.3) is 0 Å². The van der Waals surface area contributed by atoms with E-state index in [-0.39, 0.29) is 24.4 Å². The first-order valence-corrected chi connectivity index (χ1v) is 6.23. The molecule has 1 unspecified atom stereocenters. The lowest BCUT2D eigenvalue weighted by Gasteiger charge is -2.36. The van der Waals surface area contributed by atoms with Crippen LogP contribution in [-0.4, -0.2) is 35.4 Å². The molecule has 1 amide bonds. The molecule has 1 aromatic heterocycles. The van der Waals surface area contributed by atoms with Gasteiger partial charge in [0.15, 0.2) is 0 Å². The molecule has 2 rings (SSSR count). The SMILES string of the molecule is CCCC(=O)N1CCNCC1c1cccnc1.Cl. The van der Waals surface area contributed by atoms with Crippen molar-refractivity contribution in [2.24, 2.45) is 0 Å². The average Bonchev–Trinajstić information content (AvgIpc) is 2.40. The number of halogens is 1. The third kappa shape index (κ3) is 3.43. The van der Waals surface area contributed by atoms with Crippen LogP contribution in [-0.2, 0) is 4.79 Å². The Labute approximate surface area is 114 Å². The molecule has 2 heterocycles. The van der Waals surface area contributed by atoms with Crippen LogP contribution in [0.3, 0.4) is 0 Å². The minimum Gasteiger partial charge on any atom is -0.333 e. The molecule has 0 radical (unpaired) electrons. The number of piperazine rings is 1. The van der Waals surface area contributed by atoms with Gasteiger partial charge in [-0.25, -0.2) is 0 Å². The first-order valence-electron chi connectivity index (χ1n) is 6.23. The topological polar surface area (TPSA) is 45.2 Å². The molecule has 18 heavy (non-hydrogen) atoms. The van der Waals surface area contributed by atoms with Crippen LogP contribution in [0.5, 0.6) is 0 Å². The molecule has 4 nitrogen and oxygen atoms in total. The number of carbonyl (C=O) groups is 1. The highest BCUT2D eigenvalue weighted by atomic mass is 35.5. The molecular weight excluding hydrogens is 250 g/mol. The van der Waals surface area contributed by atoms with E-state index in [1.54, 1.807) is 6.20 Å². The largest absolute Gasteiger partial charge is 0.333 e. The molecule has 0 aliphatic carbocycles. The number of rotatable bonds is 3. The van der Waals surface area contributed by atoms with Crippen molar-refractivity contribution >= 4 is 18.3 Å². The molecular formula is C13H20ClN3O. The van der Waals surface area contributed by atoms with E-state index in [1.807, 2.05) is 30.2 Å². The van der Waals surface area contributed by atoms with E-state index in [9.17, 15) is 4.79 Å². The zero-order chi connectivity index (χ0) is 12.1. The lowest BCUT2D eigenvalue weighted by atomic mass is 10.0. The second kappa shape index (κ2) is 7.34. The Kier molecular flexibility index (Phi) is 6.09. The van der Waals surface area contributed by atoms with Crippen molar-refractivity contribution in [1.82, 2.24) is 15.2 Å². The number of hydrogen-bond acceptors (Lipinski definition) is 3. The normalized spacial score (nSPS) is 19.2. The summed E-state index contributed by atoms with van der Waals surface area (Å²) in [7, 11) is 0. The number of pyridine rings is 1. The first-order chi connectivity index (χ1) is 8.33. The van der Waals surface area contributed by atoms with Crippen molar-refractivity contribution in [3.63, 3.8) is 0 Å². The number of hydrogen-bond donors (Lipinski definition) is 1. The standard InChI is InChI=1S/C13H19N3O.ClH/c1-2-4-13(17)16-8-7-15-10-12(16)11-5-3-6-14-9-11;/h3,5-6,9,12,15H,2,4,7-8,10H2,1H3;1H. The molecule has 0 spiro atoms. The molecule has 1 atom stereocenters. The summed E-state index contributed by atoms with van der Waals surface area (Å²) in [6.45, 7) is 4.53. The number of amides is 1. The summed E-state index contributed by atoms with van der Waals surface area (Å²) in [6, 6.07) is 4.10. The molecule has 1 aliphatic rings. The quantitative estimate of drug-likeness (QED) is 0.910. The van der Waals surface area contributed by atoms with Gasteiger partial charge in [-0.3, -0.25) is 9.78 Å². The van der Waals surface area contributed by atoms with Gasteiger partial charge in [0.2, 0.25) is 5.91 Å². The Morgan fingerprint density at radius 3 is 3.11 bits per heavy atom. The zero-order valence-corrected chi connectivity index (χ0v) is 11.4. The fourth-order valence-electron chi connectivity index (χ4n) is 2.23. The summed E-state index contributed by atoms with van der Waals surface area (Å²) in [4.78, 5) is 18.2. The molecule has 1 fully saturated rings. The van der Waals surface area contributed by atoms with Crippen molar-refractivity contribution in [3.8, 4) is 0 Å². The number of nitrogens with zero attached hydrogens (tertiary/aromatic N) is 2. The van der Waals surface area contributed by atoms with E-state index >= 15 is 0 Å². The van der Waals surface area contributed by atoms with Crippen LogP contribution in [0, 0.1) is 0 Å². The summed E-state index contributed by atoms with van der Waals surface area (Å²) >= 11 is 0. The van der Waals surface area contributed by atoms with Gasteiger partial charge < -0.3 is 10.2 Å². The summed E-state index contributed by atoms with van der Waals surface area (Å²) in [5.74, 6) is 0.253. The van der Waals surface area contributed by atoms with Crippen LogP contribution in [0.15, 0.2) is 24.5 Å². The minimum atomic E-state index is 0. The molecule has 1 saturated heterocycles. The molecule has 100 valence electrons. The summed E-state index contributed by atoms with van der Waals surface area (Å²) in [5.41, 5.74) is 1.11. The van der Waals surface area contributed by atoms with Crippen LogP contribution >= 0.6 is 12.4 Å². The molecule has 1 aromatic rings. The average molecular weight is 270 g/mol. The number of aromatic nitrogens is 1. The number of nitrogens with one attached hydrogen (secondary N) is 1. The molecule has 0 saturated carbocycles. The predicted molar refractivity (Wildman–Crippen MR) is 73.7 cm³/mol. The smallest absolute Gasteiger partial charge is 0.223 e. The maximum absolute atomic E-state index is 12.1. The third-order valence-electron chi connectivity index (χ3n) is 3.10. The van der Waals surface area contributed by atoms with E-state index in [0.29, 0.717) is 6.42 Å². The maximum Gasteiger partial charge on any atom is 0.223 e. The molecule has 5 heteroatoms. The van der Waals surface area contributed by atoms with Crippen molar-refractivity contribution in [1.29, 1.82) is 0 Å². The van der Waals surface area contributed by atoms with Gasteiger partial charge in [0.05, 0.1) is 6.04 Å². The summed E-state index contributed by atoms with van der Waals surface area (Å²) < 4.78 is 0. The molecule has 0 bridgehead atoms. The van der Waals surface area contributed by atoms with Crippen molar-refractivity contribution < 1.29 is 4.79 Å². The molecule has 0 aromatic carbocycles. The Balaban J connectivity index is 0.00000162. The zero-order valence-electron chi connectivity index (χ0n) is 10.6. The highest BCUT2D eigenvalue weighted by Gasteiger charge is 2.27. The van der Waals surface area contributed by atoms with Crippen molar-refractivity contribution in [2.45, 2.75) is 25.8 Å². The van der Waals surface area contributed by atoms with Crippen LogP contribution in [0.4, 0.5) is 0 Å². The van der Waals surface area contributed by atoms with E-state index in [0.717, 1.165) is 31.6 Å². The maximum atomic E-state index is 12.1. The van der Waals surface area contributed by atoms with Crippen LogP contribution < -0.4 is 5.32 Å². The highest BCUT2D eigenvalue weighted by molar-refractivity contribution is 5.85. The predicted octanol–water partition coefficient (Wildman–Crippen LogP) is 1.78. The van der Waals surface area contributed by atoms with Gasteiger partial charge in [-0.1, -0.05) is 13.0 Å². The van der Waals surface area contributed by atoms with E-state index in [4.69, 9.17) is 0 Å². The van der Waals surface area contributed by atoms with Gasteiger partial charge in [-0.05, 0) is 18.1 Å². The monoisotopic (exact) mass is 269 g/mol. The lowest BCUT2D eigenvalue weighted by Crippen LogP contribution is -2.48. The fraction of sp³-hybridized carbons (Fsp3) is 0.538. The van der Waals surface area contributed by atoms with E-state index in [2.05, 4.69) is 10.3 Å². The molecule has 1 aliphatic heterocycles. The Morgan fingerprint density at radius 1 is 1.61 bits per heavy atom. The second-order valence-electron chi connectivity index (χ2n) is 4.34. The van der Waals surface area contributed by atoms with Crippen LogP contribution in [0.2, 0.25) is 0 Å². The minimum absolute atomic E-state index is 0. The Bertz CT molecular complexity index is 372. The van der Waals surface area contributed by atoms with Crippen molar-refractivity contribution in [2.75, 3.05) is 19.6 Å². The highest BCUT2D eigenvalue weighted by Crippen LogP contribution is 2.22.